The molecule has 0 aromatic carbocycles. The summed E-state index contributed by atoms with van der Waals surface area (Å²) >= 11 is 0. The van der Waals surface area contributed by atoms with Crippen LogP contribution in [0.15, 0.2) is 0 Å². The van der Waals surface area contributed by atoms with Crippen LogP contribution in [0, 0.1) is 11.5 Å². The van der Waals surface area contributed by atoms with Crippen LogP contribution < -0.4 is 16.4 Å². The number of nitriles is 1. The Balaban J connectivity index is 2.55. The Hall–Kier alpha value is -2.10. The molecule has 16 heavy (non-hydrogen) atoms. The third-order valence-corrected chi connectivity index (χ3v) is 1.87. The fraction of sp³-hybridized carbons (Fsp3) is 0.556. The molecule has 0 amide bonds. The minimum atomic E-state index is -0.161. The van der Waals surface area contributed by atoms with Crippen molar-refractivity contribution in [1.29, 1.82) is 5.26 Å². The van der Waals surface area contributed by atoms with Crippen LogP contribution in [0.1, 0.15) is 26.2 Å². The van der Waals surface area contributed by atoms with E-state index < -0.39 is 0 Å². The molecular formula is C9H14N7. The summed E-state index contributed by atoms with van der Waals surface area (Å²) in [6.07, 6.45) is 5.00. The highest BCUT2D eigenvalue weighted by molar-refractivity contribution is 5.40. The van der Waals surface area contributed by atoms with Crippen LogP contribution in [0.2, 0.25) is 0 Å². The predicted molar refractivity (Wildman–Crippen MR) is 59.8 cm³/mol. The second-order valence-corrected chi connectivity index (χ2v) is 3.18. The first kappa shape index (κ1) is 12.0. The van der Waals surface area contributed by atoms with Gasteiger partial charge in [0.2, 0.25) is 17.8 Å². The summed E-state index contributed by atoms with van der Waals surface area (Å²) in [5.41, 5.74) is 7.32. The molecule has 0 spiro atoms. The summed E-state index contributed by atoms with van der Waals surface area (Å²) in [5, 5.41) is 13.7. The van der Waals surface area contributed by atoms with Crippen molar-refractivity contribution in [3.05, 3.63) is 0 Å². The highest BCUT2D eigenvalue weighted by atomic mass is 15.2. The number of hydrogen-bond donors (Lipinski definition) is 2. The molecule has 0 fully saturated rings. The summed E-state index contributed by atoms with van der Waals surface area (Å²) in [6, 6.07) is 0. The van der Waals surface area contributed by atoms with E-state index in [-0.39, 0.29) is 11.9 Å². The van der Waals surface area contributed by atoms with E-state index in [2.05, 4.69) is 32.5 Å². The van der Waals surface area contributed by atoms with Crippen molar-refractivity contribution < 1.29 is 0 Å². The van der Waals surface area contributed by atoms with Crippen LogP contribution in [-0.2, 0) is 0 Å². The lowest BCUT2D eigenvalue weighted by Crippen LogP contribution is -2.08. The van der Waals surface area contributed by atoms with Gasteiger partial charge in [0.25, 0.3) is 0 Å². The van der Waals surface area contributed by atoms with E-state index >= 15 is 0 Å². The van der Waals surface area contributed by atoms with E-state index in [0.29, 0.717) is 5.95 Å². The Morgan fingerprint density at radius 3 is 2.69 bits per heavy atom. The molecule has 1 rings (SSSR count). The summed E-state index contributed by atoms with van der Waals surface area (Å²) in [6.45, 7) is 2.88. The fourth-order valence-corrected chi connectivity index (χ4v) is 1.14. The standard InChI is InChI=1S/C9H14N7/c1-2-3-4-5-12-8-14-7(11)15-9(16-8)13-6-10/h11H,2-5H2,1H3,(H2,12,13,14,15,16). The maximum absolute atomic E-state index is 8.40. The molecule has 3 N–H and O–H groups in total. The number of anilines is 2. The molecule has 1 heterocycles. The first-order valence-electron chi connectivity index (χ1n) is 5.13. The minimum Gasteiger partial charge on any atom is -0.354 e. The second kappa shape index (κ2) is 6.40. The van der Waals surface area contributed by atoms with Gasteiger partial charge >= 0.3 is 0 Å². The maximum atomic E-state index is 8.40. The number of aromatic nitrogens is 3. The van der Waals surface area contributed by atoms with Crippen molar-refractivity contribution in [1.82, 2.24) is 20.7 Å². The Morgan fingerprint density at radius 2 is 2.00 bits per heavy atom. The zero-order valence-electron chi connectivity index (χ0n) is 9.12. The highest BCUT2D eigenvalue weighted by Crippen LogP contribution is 2.07. The van der Waals surface area contributed by atoms with Gasteiger partial charge in [0.05, 0.1) is 0 Å². The van der Waals surface area contributed by atoms with Crippen LogP contribution >= 0.6 is 0 Å². The average molecular weight is 220 g/mol. The van der Waals surface area contributed by atoms with Gasteiger partial charge in [0.1, 0.15) is 0 Å². The summed E-state index contributed by atoms with van der Waals surface area (Å²) in [5.74, 6) is 0.264. The topological polar surface area (TPSA) is 110 Å². The first-order valence-corrected chi connectivity index (χ1v) is 5.13. The van der Waals surface area contributed by atoms with Gasteiger partial charge in [-0.05, 0) is 6.42 Å². The van der Waals surface area contributed by atoms with Gasteiger partial charge in [-0.3, -0.25) is 11.1 Å². The van der Waals surface area contributed by atoms with Crippen molar-refractivity contribution in [3.8, 4) is 6.19 Å². The molecule has 0 saturated carbocycles. The Morgan fingerprint density at radius 1 is 1.25 bits per heavy atom. The van der Waals surface area contributed by atoms with E-state index in [1.165, 1.54) is 0 Å². The smallest absolute Gasteiger partial charge is 0.248 e. The number of hydrogen-bond acceptors (Lipinski definition) is 6. The lowest BCUT2D eigenvalue weighted by atomic mass is 10.2. The molecule has 1 aromatic rings. The lowest BCUT2D eigenvalue weighted by molar-refractivity contribution is 0.740. The van der Waals surface area contributed by atoms with Crippen molar-refractivity contribution >= 4 is 17.8 Å². The van der Waals surface area contributed by atoms with Gasteiger partial charge < -0.3 is 5.32 Å². The van der Waals surface area contributed by atoms with Crippen LogP contribution in [0.5, 0.6) is 0 Å². The first-order chi connectivity index (χ1) is 7.76. The molecule has 0 unspecified atom stereocenters. The molecule has 0 bridgehead atoms. The van der Waals surface area contributed by atoms with Gasteiger partial charge in [-0.1, -0.05) is 19.8 Å². The summed E-state index contributed by atoms with van der Waals surface area (Å²) in [4.78, 5) is 11.4. The molecule has 0 atom stereocenters. The Bertz CT molecular complexity index is 371. The molecule has 7 nitrogen and oxygen atoms in total. The van der Waals surface area contributed by atoms with Crippen molar-refractivity contribution in [2.24, 2.45) is 0 Å². The summed E-state index contributed by atoms with van der Waals surface area (Å²) in [7, 11) is 0. The second-order valence-electron chi connectivity index (χ2n) is 3.18. The van der Waals surface area contributed by atoms with E-state index in [4.69, 9.17) is 11.0 Å². The minimum absolute atomic E-state index is 0.0977. The zero-order chi connectivity index (χ0) is 11.8. The molecule has 0 aliphatic carbocycles. The third-order valence-electron chi connectivity index (χ3n) is 1.87. The van der Waals surface area contributed by atoms with Crippen molar-refractivity contribution in [3.63, 3.8) is 0 Å². The molecule has 0 aliphatic rings. The average Bonchev–Trinajstić information content (AvgIpc) is 2.24. The van der Waals surface area contributed by atoms with Crippen LogP contribution in [0.25, 0.3) is 0 Å². The molecule has 85 valence electrons. The van der Waals surface area contributed by atoms with Gasteiger partial charge in [0.15, 0.2) is 6.19 Å². The van der Waals surface area contributed by atoms with Gasteiger partial charge in [0, 0.05) is 6.54 Å². The number of nitrogens with zero attached hydrogens (tertiary/aromatic N) is 4. The molecule has 0 aliphatic heterocycles. The maximum Gasteiger partial charge on any atom is 0.248 e. The summed E-state index contributed by atoms with van der Waals surface area (Å²) < 4.78 is 0. The predicted octanol–water partition coefficient (Wildman–Crippen LogP) is 1.28. The third kappa shape index (κ3) is 3.96. The Labute approximate surface area is 94.1 Å². The molecule has 1 aromatic heterocycles. The van der Waals surface area contributed by atoms with Gasteiger partial charge in [-0.25, -0.2) is 0 Å². The number of nitrogens with one attached hydrogen (secondary N) is 3. The van der Waals surface area contributed by atoms with Crippen molar-refractivity contribution in [2.45, 2.75) is 26.2 Å². The molecular weight excluding hydrogens is 206 g/mol. The Kier molecular flexibility index (Phi) is 4.79. The normalized spacial score (nSPS) is 9.50. The highest BCUT2D eigenvalue weighted by Gasteiger charge is 2.03. The number of rotatable bonds is 6. The van der Waals surface area contributed by atoms with Crippen LogP contribution in [0.4, 0.5) is 17.8 Å². The number of unbranched alkanes of at least 4 members (excludes halogenated alkanes) is 2. The lowest BCUT2D eigenvalue weighted by Gasteiger charge is -2.05. The molecule has 0 saturated heterocycles. The van der Waals surface area contributed by atoms with Crippen molar-refractivity contribution in [2.75, 3.05) is 17.2 Å². The van der Waals surface area contributed by atoms with E-state index in [1.807, 2.05) is 0 Å². The van der Waals surface area contributed by atoms with Gasteiger partial charge in [-0.2, -0.15) is 20.2 Å². The van der Waals surface area contributed by atoms with E-state index in [1.54, 1.807) is 6.19 Å². The SMILES string of the molecule is CCCCCNc1nc([NH])nc(NC#N)n1. The quantitative estimate of drug-likeness (QED) is 0.424. The van der Waals surface area contributed by atoms with E-state index in [9.17, 15) is 0 Å². The fourth-order valence-electron chi connectivity index (χ4n) is 1.14. The van der Waals surface area contributed by atoms with Crippen LogP contribution in [-0.4, -0.2) is 21.5 Å². The molecule has 1 radical (unpaired) electrons. The van der Waals surface area contributed by atoms with E-state index in [0.717, 1.165) is 25.8 Å². The molecule has 7 heteroatoms. The van der Waals surface area contributed by atoms with Crippen LogP contribution in [0.3, 0.4) is 0 Å². The zero-order valence-corrected chi connectivity index (χ0v) is 9.12. The van der Waals surface area contributed by atoms with Gasteiger partial charge in [-0.15, -0.1) is 0 Å². The monoisotopic (exact) mass is 220 g/mol. The largest absolute Gasteiger partial charge is 0.354 e.